The maximum absolute atomic E-state index is 12.9. The van der Waals surface area contributed by atoms with Gasteiger partial charge in [-0.05, 0) is 19.1 Å². The SMILES string of the molecule is C#CCNc1cc(F)ccc1OCC. The summed E-state index contributed by atoms with van der Waals surface area (Å²) in [4.78, 5) is 0. The van der Waals surface area contributed by atoms with E-state index in [-0.39, 0.29) is 5.82 Å². The molecule has 0 radical (unpaired) electrons. The summed E-state index contributed by atoms with van der Waals surface area (Å²) in [5, 5.41) is 2.89. The smallest absolute Gasteiger partial charge is 0.142 e. The number of benzene rings is 1. The van der Waals surface area contributed by atoms with Crippen LogP contribution < -0.4 is 10.1 Å². The Morgan fingerprint density at radius 1 is 1.57 bits per heavy atom. The van der Waals surface area contributed by atoms with E-state index in [4.69, 9.17) is 11.2 Å². The molecule has 0 bridgehead atoms. The zero-order valence-corrected chi connectivity index (χ0v) is 8.01. The first-order valence-electron chi connectivity index (χ1n) is 4.37. The van der Waals surface area contributed by atoms with Crippen LogP contribution in [-0.4, -0.2) is 13.2 Å². The number of halogens is 1. The Morgan fingerprint density at radius 2 is 2.36 bits per heavy atom. The van der Waals surface area contributed by atoms with E-state index in [9.17, 15) is 4.39 Å². The first-order chi connectivity index (χ1) is 6.77. The van der Waals surface area contributed by atoms with Gasteiger partial charge in [-0.25, -0.2) is 4.39 Å². The molecule has 0 unspecified atom stereocenters. The maximum Gasteiger partial charge on any atom is 0.142 e. The minimum Gasteiger partial charge on any atom is -0.492 e. The third-order valence-electron chi connectivity index (χ3n) is 1.62. The third-order valence-corrected chi connectivity index (χ3v) is 1.62. The molecule has 1 aromatic rings. The molecule has 0 aliphatic heterocycles. The van der Waals surface area contributed by atoms with Gasteiger partial charge < -0.3 is 10.1 Å². The summed E-state index contributed by atoms with van der Waals surface area (Å²) in [7, 11) is 0. The number of hydrogen-bond acceptors (Lipinski definition) is 2. The predicted octanol–water partition coefficient (Wildman–Crippen LogP) is 2.27. The fourth-order valence-corrected chi connectivity index (χ4v) is 1.07. The second kappa shape index (κ2) is 5.13. The Balaban J connectivity index is 2.86. The largest absolute Gasteiger partial charge is 0.492 e. The number of anilines is 1. The van der Waals surface area contributed by atoms with Crippen LogP contribution in [0.3, 0.4) is 0 Å². The van der Waals surface area contributed by atoms with Crippen molar-refractivity contribution in [2.75, 3.05) is 18.5 Å². The molecule has 0 saturated carbocycles. The van der Waals surface area contributed by atoms with Crippen molar-refractivity contribution in [2.45, 2.75) is 6.92 Å². The number of ether oxygens (including phenoxy) is 1. The lowest BCUT2D eigenvalue weighted by atomic mass is 10.3. The second-order valence-electron chi connectivity index (χ2n) is 2.63. The van der Waals surface area contributed by atoms with Crippen molar-refractivity contribution in [2.24, 2.45) is 0 Å². The Hall–Kier alpha value is -1.69. The highest BCUT2D eigenvalue weighted by Crippen LogP contribution is 2.24. The highest BCUT2D eigenvalue weighted by Gasteiger charge is 2.03. The van der Waals surface area contributed by atoms with E-state index in [0.29, 0.717) is 24.6 Å². The van der Waals surface area contributed by atoms with E-state index in [1.165, 1.54) is 12.1 Å². The van der Waals surface area contributed by atoms with Crippen molar-refractivity contribution >= 4 is 5.69 Å². The molecule has 0 aliphatic rings. The molecule has 0 amide bonds. The van der Waals surface area contributed by atoms with Crippen LogP contribution in [0.4, 0.5) is 10.1 Å². The van der Waals surface area contributed by atoms with Gasteiger partial charge in [0.2, 0.25) is 0 Å². The zero-order valence-electron chi connectivity index (χ0n) is 8.01. The maximum atomic E-state index is 12.9. The molecule has 14 heavy (non-hydrogen) atoms. The van der Waals surface area contributed by atoms with Gasteiger partial charge in [0, 0.05) is 6.07 Å². The first kappa shape index (κ1) is 10.4. The first-order valence-corrected chi connectivity index (χ1v) is 4.37. The summed E-state index contributed by atoms with van der Waals surface area (Å²) < 4.78 is 18.2. The van der Waals surface area contributed by atoms with Crippen LogP contribution in [0.5, 0.6) is 5.75 Å². The summed E-state index contributed by atoms with van der Waals surface area (Å²) in [5.41, 5.74) is 0.588. The second-order valence-corrected chi connectivity index (χ2v) is 2.63. The van der Waals surface area contributed by atoms with Crippen LogP contribution in [-0.2, 0) is 0 Å². The number of hydrogen-bond donors (Lipinski definition) is 1. The molecule has 1 N–H and O–H groups in total. The number of nitrogens with one attached hydrogen (secondary N) is 1. The summed E-state index contributed by atoms with van der Waals surface area (Å²) in [6.45, 7) is 2.76. The average Bonchev–Trinajstić information content (AvgIpc) is 2.18. The molecule has 0 aromatic heterocycles. The average molecular weight is 193 g/mol. The molecule has 0 heterocycles. The van der Waals surface area contributed by atoms with Gasteiger partial charge in [0.15, 0.2) is 0 Å². The summed E-state index contributed by atoms with van der Waals surface area (Å²) >= 11 is 0. The number of terminal acetylenes is 1. The quantitative estimate of drug-likeness (QED) is 0.740. The minimum absolute atomic E-state index is 0.312. The van der Waals surface area contributed by atoms with Crippen LogP contribution in [0.25, 0.3) is 0 Å². The molecule has 0 atom stereocenters. The predicted molar refractivity (Wildman–Crippen MR) is 54.9 cm³/mol. The van der Waals surface area contributed by atoms with Gasteiger partial charge in [-0.2, -0.15) is 0 Å². The van der Waals surface area contributed by atoms with Gasteiger partial charge in [0.1, 0.15) is 11.6 Å². The van der Waals surface area contributed by atoms with Gasteiger partial charge in [-0.1, -0.05) is 5.92 Å². The topological polar surface area (TPSA) is 21.3 Å². The van der Waals surface area contributed by atoms with Crippen molar-refractivity contribution in [1.29, 1.82) is 0 Å². The number of rotatable bonds is 4. The molecule has 0 saturated heterocycles. The van der Waals surface area contributed by atoms with Gasteiger partial charge in [-0.3, -0.25) is 0 Å². The summed E-state index contributed by atoms with van der Waals surface area (Å²) in [6.07, 6.45) is 5.09. The molecule has 2 nitrogen and oxygen atoms in total. The van der Waals surface area contributed by atoms with Gasteiger partial charge in [0.25, 0.3) is 0 Å². The fourth-order valence-electron chi connectivity index (χ4n) is 1.07. The van der Waals surface area contributed by atoms with Crippen molar-refractivity contribution < 1.29 is 9.13 Å². The van der Waals surface area contributed by atoms with E-state index in [0.717, 1.165) is 0 Å². The Labute approximate surface area is 83.1 Å². The minimum atomic E-state index is -0.312. The lowest BCUT2D eigenvalue weighted by molar-refractivity contribution is 0.341. The molecule has 1 aromatic carbocycles. The lowest BCUT2D eigenvalue weighted by Gasteiger charge is -2.10. The highest BCUT2D eigenvalue weighted by atomic mass is 19.1. The van der Waals surface area contributed by atoms with Crippen molar-refractivity contribution in [3.8, 4) is 18.1 Å². The summed E-state index contributed by atoms with van der Waals surface area (Å²) in [6, 6.07) is 4.30. The van der Waals surface area contributed by atoms with E-state index in [2.05, 4.69) is 11.2 Å². The molecule has 74 valence electrons. The van der Waals surface area contributed by atoms with Gasteiger partial charge >= 0.3 is 0 Å². The fraction of sp³-hybridized carbons (Fsp3) is 0.273. The summed E-state index contributed by atoms with van der Waals surface area (Å²) in [5.74, 6) is 2.72. The molecule has 0 aliphatic carbocycles. The van der Waals surface area contributed by atoms with Crippen molar-refractivity contribution in [3.63, 3.8) is 0 Å². The third kappa shape index (κ3) is 2.67. The Kier molecular flexibility index (Phi) is 3.81. The van der Waals surface area contributed by atoms with E-state index < -0.39 is 0 Å². The van der Waals surface area contributed by atoms with Gasteiger partial charge in [0.05, 0.1) is 18.8 Å². The monoisotopic (exact) mass is 193 g/mol. The molecular weight excluding hydrogens is 181 g/mol. The Bertz CT molecular complexity index is 344. The van der Waals surface area contributed by atoms with Crippen LogP contribution in [0, 0.1) is 18.2 Å². The van der Waals surface area contributed by atoms with Crippen LogP contribution in [0.1, 0.15) is 6.92 Å². The van der Waals surface area contributed by atoms with E-state index >= 15 is 0 Å². The van der Waals surface area contributed by atoms with E-state index in [1.54, 1.807) is 6.07 Å². The van der Waals surface area contributed by atoms with Crippen LogP contribution in [0.2, 0.25) is 0 Å². The van der Waals surface area contributed by atoms with Crippen molar-refractivity contribution in [3.05, 3.63) is 24.0 Å². The van der Waals surface area contributed by atoms with E-state index in [1.807, 2.05) is 6.92 Å². The normalized spacial score (nSPS) is 9.21. The molecule has 3 heteroatoms. The molecular formula is C11H12FNO. The molecule has 0 spiro atoms. The van der Waals surface area contributed by atoms with Gasteiger partial charge in [-0.15, -0.1) is 6.42 Å². The molecule has 1 rings (SSSR count). The standard InChI is InChI=1S/C11H12FNO/c1-3-7-13-10-8-9(12)5-6-11(10)14-4-2/h1,5-6,8,13H,4,7H2,2H3. The Morgan fingerprint density at radius 3 is 3.00 bits per heavy atom. The zero-order chi connectivity index (χ0) is 10.4. The molecule has 0 fully saturated rings. The van der Waals surface area contributed by atoms with Crippen LogP contribution >= 0.6 is 0 Å². The highest BCUT2D eigenvalue weighted by molar-refractivity contribution is 5.57. The lowest BCUT2D eigenvalue weighted by Crippen LogP contribution is -2.02. The van der Waals surface area contributed by atoms with Crippen molar-refractivity contribution in [1.82, 2.24) is 0 Å². The van der Waals surface area contributed by atoms with Crippen LogP contribution in [0.15, 0.2) is 18.2 Å².